The van der Waals surface area contributed by atoms with Crippen LogP contribution in [-0.4, -0.2) is 21.9 Å². The minimum absolute atomic E-state index is 0.544. The number of thiophene rings is 1. The summed E-state index contributed by atoms with van der Waals surface area (Å²) in [5, 5.41) is 12.4. The van der Waals surface area contributed by atoms with Gasteiger partial charge in [-0.05, 0) is 42.0 Å². The van der Waals surface area contributed by atoms with Crippen molar-refractivity contribution in [3.63, 3.8) is 0 Å². The zero-order valence-electron chi connectivity index (χ0n) is 15.6. The van der Waals surface area contributed by atoms with Crippen molar-refractivity contribution in [2.75, 3.05) is 7.11 Å². The molecule has 4 nitrogen and oxygen atoms in total. The molecule has 0 unspecified atom stereocenters. The number of hydrogen-bond acceptors (Lipinski definition) is 5. The van der Waals surface area contributed by atoms with Crippen LogP contribution in [0.15, 0.2) is 46.9 Å². The highest BCUT2D eigenvalue weighted by molar-refractivity contribution is 7.98. The van der Waals surface area contributed by atoms with Crippen LogP contribution in [0.4, 0.5) is 0 Å². The molecule has 0 radical (unpaired) electrons. The molecule has 3 aromatic rings. The summed E-state index contributed by atoms with van der Waals surface area (Å²) in [5.74, 6) is 2.90. The molecule has 0 bridgehead atoms. The highest BCUT2D eigenvalue weighted by atomic mass is 32.2. The third-order valence-corrected chi connectivity index (χ3v) is 7.01. The summed E-state index contributed by atoms with van der Waals surface area (Å²) in [7, 11) is 1.70. The van der Waals surface area contributed by atoms with Gasteiger partial charge in [0.05, 0.1) is 7.11 Å². The van der Waals surface area contributed by atoms with E-state index in [1.165, 1.54) is 42.5 Å². The SMILES string of the molecule is COc1ccc(CSc2nnc(Cc3cccs3)n2C2CCCCC2)cc1. The molecule has 6 heteroatoms. The molecule has 0 N–H and O–H groups in total. The Morgan fingerprint density at radius 1 is 1.11 bits per heavy atom. The van der Waals surface area contributed by atoms with Crippen molar-refractivity contribution in [3.8, 4) is 5.75 Å². The van der Waals surface area contributed by atoms with Crippen LogP contribution in [0, 0.1) is 0 Å². The lowest BCUT2D eigenvalue weighted by molar-refractivity contribution is 0.330. The van der Waals surface area contributed by atoms with Crippen molar-refractivity contribution >= 4 is 23.1 Å². The van der Waals surface area contributed by atoms with Gasteiger partial charge in [0.2, 0.25) is 0 Å². The highest BCUT2D eigenvalue weighted by Crippen LogP contribution is 2.34. The maximum absolute atomic E-state index is 5.25. The molecule has 1 aliphatic rings. The summed E-state index contributed by atoms with van der Waals surface area (Å²) >= 11 is 3.59. The smallest absolute Gasteiger partial charge is 0.191 e. The van der Waals surface area contributed by atoms with Gasteiger partial charge in [-0.2, -0.15) is 0 Å². The summed E-state index contributed by atoms with van der Waals surface area (Å²) in [6.45, 7) is 0. The third kappa shape index (κ3) is 4.55. The van der Waals surface area contributed by atoms with Gasteiger partial charge >= 0.3 is 0 Å². The average Bonchev–Trinajstić information content (AvgIpc) is 3.38. The van der Waals surface area contributed by atoms with Crippen LogP contribution in [0.5, 0.6) is 5.75 Å². The van der Waals surface area contributed by atoms with Gasteiger partial charge in [0, 0.05) is 23.1 Å². The Balaban J connectivity index is 1.54. The standard InChI is InChI=1S/C21H25N3OS2/c1-25-18-11-9-16(10-12-18)15-27-21-23-22-20(14-19-8-5-13-26-19)24(21)17-6-3-2-4-7-17/h5,8-13,17H,2-4,6-7,14-15H2,1H3. The normalized spacial score (nSPS) is 15.1. The molecule has 27 heavy (non-hydrogen) atoms. The largest absolute Gasteiger partial charge is 0.497 e. The van der Waals surface area contributed by atoms with Crippen molar-refractivity contribution in [3.05, 3.63) is 58.0 Å². The van der Waals surface area contributed by atoms with Crippen LogP contribution in [0.3, 0.4) is 0 Å². The molecule has 4 rings (SSSR count). The van der Waals surface area contributed by atoms with Crippen LogP contribution >= 0.6 is 23.1 Å². The van der Waals surface area contributed by atoms with Crippen LogP contribution in [-0.2, 0) is 12.2 Å². The monoisotopic (exact) mass is 399 g/mol. The number of methoxy groups -OCH3 is 1. The predicted octanol–water partition coefficient (Wildman–Crippen LogP) is 5.74. The van der Waals surface area contributed by atoms with Crippen LogP contribution < -0.4 is 4.74 Å². The minimum Gasteiger partial charge on any atom is -0.497 e. The maximum atomic E-state index is 5.25. The van der Waals surface area contributed by atoms with Crippen molar-refractivity contribution in [1.82, 2.24) is 14.8 Å². The summed E-state index contributed by atoms with van der Waals surface area (Å²) < 4.78 is 7.69. The van der Waals surface area contributed by atoms with Gasteiger partial charge in [-0.25, -0.2) is 0 Å². The van der Waals surface area contributed by atoms with Gasteiger partial charge < -0.3 is 9.30 Å². The summed E-state index contributed by atoms with van der Waals surface area (Å²) in [5.41, 5.74) is 1.28. The van der Waals surface area contributed by atoms with E-state index in [-0.39, 0.29) is 0 Å². The van der Waals surface area contributed by atoms with Gasteiger partial charge in [0.25, 0.3) is 0 Å². The van der Waals surface area contributed by atoms with Crippen LogP contribution in [0.1, 0.15) is 54.4 Å². The minimum atomic E-state index is 0.544. The summed E-state index contributed by atoms with van der Waals surface area (Å²) in [4.78, 5) is 1.35. The Hall–Kier alpha value is -1.79. The van der Waals surface area contributed by atoms with Gasteiger partial charge in [-0.15, -0.1) is 21.5 Å². The van der Waals surface area contributed by atoms with E-state index in [1.807, 2.05) is 12.1 Å². The second kappa shape index (κ2) is 8.93. The zero-order chi connectivity index (χ0) is 18.5. The average molecular weight is 400 g/mol. The van der Waals surface area contributed by atoms with E-state index in [1.54, 1.807) is 30.2 Å². The van der Waals surface area contributed by atoms with Gasteiger partial charge in [-0.1, -0.05) is 49.2 Å². The molecular weight excluding hydrogens is 374 g/mol. The molecule has 2 aromatic heterocycles. The second-order valence-electron chi connectivity index (χ2n) is 6.95. The van der Waals surface area contributed by atoms with Crippen LogP contribution in [0.2, 0.25) is 0 Å². The topological polar surface area (TPSA) is 39.9 Å². The summed E-state index contributed by atoms with van der Waals surface area (Å²) in [6.07, 6.45) is 7.34. The first kappa shape index (κ1) is 18.6. The van der Waals surface area contributed by atoms with E-state index in [0.717, 1.165) is 28.9 Å². The van der Waals surface area contributed by atoms with E-state index in [2.05, 4.69) is 44.4 Å². The van der Waals surface area contributed by atoms with Gasteiger partial charge in [0.15, 0.2) is 5.16 Å². The fourth-order valence-corrected chi connectivity index (χ4v) is 5.35. The molecule has 142 valence electrons. The number of hydrogen-bond donors (Lipinski definition) is 0. The van der Waals surface area contributed by atoms with Crippen molar-refractivity contribution in [1.29, 1.82) is 0 Å². The number of rotatable bonds is 7. The molecule has 1 aromatic carbocycles. The lowest BCUT2D eigenvalue weighted by Crippen LogP contribution is -2.16. The Morgan fingerprint density at radius 3 is 2.63 bits per heavy atom. The molecule has 0 amide bonds. The first-order valence-corrected chi connectivity index (χ1v) is 11.4. The van der Waals surface area contributed by atoms with E-state index < -0.39 is 0 Å². The van der Waals surface area contributed by atoms with Gasteiger partial charge in [0.1, 0.15) is 11.6 Å². The van der Waals surface area contributed by atoms with E-state index in [4.69, 9.17) is 4.74 Å². The molecule has 1 fully saturated rings. The first-order valence-electron chi connectivity index (χ1n) is 9.55. The predicted molar refractivity (Wildman–Crippen MR) is 112 cm³/mol. The van der Waals surface area contributed by atoms with Crippen molar-refractivity contribution in [2.45, 2.75) is 55.5 Å². The number of ether oxygens (including phenoxy) is 1. The van der Waals surface area contributed by atoms with Crippen LogP contribution in [0.25, 0.3) is 0 Å². The lowest BCUT2D eigenvalue weighted by atomic mass is 9.95. The van der Waals surface area contributed by atoms with Crippen molar-refractivity contribution in [2.24, 2.45) is 0 Å². The fourth-order valence-electron chi connectivity index (χ4n) is 3.67. The molecule has 1 aliphatic carbocycles. The molecule has 0 saturated heterocycles. The van der Waals surface area contributed by atoms with E-state index >= 15 is 0 Å². The Labute approximate surface area is 169 Å². The lowest BCUT2D eigenvalue weighted by Gasteiger charge is -2.25. The van der Waals surface area contributed by atoms with E-state index in [9.17, 15) is 0 Å². The Bertz CT molecular complexity index is 837. The number of thioether (sulfide) groups is 1. The molecule has 2 heterocycles. The number of aromatic nitrogens is 3. The molecule has 0 aliphatic heterocycles. The molecule has 0 atom stereocenters. The maximum Gasteiger partial charge on any atom is 0.191 e. The molecular formula is C21H25N3OS2. The second-order valence-corrected chi connectivity index (χ2v) is 8.93. The Morgan fingerprint density at radius 2 is 1.93 bits per heavy atom. The first-order chi connectivity index (χ1) is 13.3. The summed E-state index contributed by atoms with van der Waals surface area (Å²) in [6, 6.07) is 13.1. The Kier molecular flexibility index (Phi) is 6.14. The zero-order valence-corrected chi connectivity index (χ0v) is 17.3. The molecule has 0 spiro atoms. The molecule has 1 saturated carbocycles. The van der Waals surface area contributed by atoms with Gasteiger partial charge in [-0.3, -0.25) is 0 Å². The highest BCUT2D eigenvalue weighted by Gasteiger charge is 2.23. The quantitative estimate of drug-likeness (QED) is 0.475. The van der Waals surface area contributed by atoms with Crippen molar-refractivity contribution < 1.29 is 4.74 Å². The fraction of sp³-hybridized carbons (Fsp3) is 0.429. The third-order valence-electron chi connectivity index (χ3n) is 5.11. The van der Waals surface area contributed by atoms with E-state index in [0.29, 0.717) is 6.04 Å². The number of benzene rings is 1. The number of nitrogens with zero attached hydrogens (tertiary/aromatic N) is 3.